The second-order valence-electron chi connectivity index (χ2n) is 3.54. The fraction of sp³-hybridized carbons (Fsp3) is 0.308. The Hall–Kier alpha value is -2.00. The first-order valence-corrected chi connectivity index (χ1v) is 6.49. The summed E-state index contributed by atoms with van der Waals surface area (Å²) in [5.74, 6) is 5.99. The molecule has 0 aromatic carbocycles. The smallest absolute Gasteiger partial charge is 0.341 e. The number of rotatable bonds is 3. The maximum absolute atomic E-state index is 11.4. The number of hydrogen-bond acceptors (Lipinski definition) is 6. The number of esters is 1. The van der Waals surface area contributed by atoms with E-state index in [1.807, 2.05) is 0 Å². The average molecular weight is 278 g/mol. The first-order chi connectivity index (χ1) is 9.04. The van der Waals surface area contributed by atoms with E-state index in [9.17, 15) is 9.59 Å². The Labute approximate surface area is 115 Å². The van der Waals surface area contributed by atoms with Gasteiger partial charge in [-0.2, -0.15) is 0 Å². The predicted molar refractivity (Wildman–Crippen MR) is 74.6 cm³/mol. The Balaban J connectivity index is 2.72. The largest absolute Gasteiger partial charge is 0.465 e. The van der Waals surface area contributed by atoms with Crippen molar-refractivity contribution >= 4 is 28.7 Å². The molecule has 0 aliphatic rings. The maximum Gasteiger partial charge on any atom is 0.341 e. The van der Waals surface area contributed by atoms with Crippen molar-refractivity contribution in [3.8, 4) is 11.8 Å². The van der Waals surface area contributed by atoms with Gasteiger partial charge in [0.1, 0.15) is 11.4 Å². The average Bonchev–Trinajstić information content (AvgIpc) is 2.39. The number of anilines is 1. The first kappa shape index (κ1) is 15.1. The first-order valence-electron chi connectivity index (χ1n) is 5.50. The van der Waals surface area contributed by atoms with Gasteiger partial charge >= 0.3 is 5.97 Å². The van der Waals surface area contributed by atoms with Crippen molar-refractivity contribution < 1.29 is 14.3 Å². The number of aromatic nitrogens is 1. The number of thioether (sulfide) groups is 1. The van der Waals surface area contributed by atoms with Gasteiger partial charge in [0.05, 0.1) is 7.11 Å². The maximum atomic E-state index is 11.4. The van der Waals surface area contributed by atoms with Gasteiger partial charge in [-0.3, -0.25) is 4.79 Å². The van der Waals surface area contributed by atoms with E-state index in [4.69, 9.17) is 5.73 Å². The SMILES string of the molecule is COC(=O)c1cc(C#CCCSC(C)=O)cnc1N. The number of ether oxygens (including phenoxy) is 1. The molecule has 0 aliphatic carbocycles. The molecular formula is C13H14N2O3S. The molecule has 1 rings (SSSR count). The van der Waals surface area contributed by atoms with Crippen LogP contribution in [0.25, 0.3) is 0 Å². The quantitative estimate of drug-likeness (QED) is 0.512. The fourth-order valence-electron chi connectivity index (χ4n) is 1.23. The van der Waals surface area contributed by atoms with E-state index in [-0.39, 0.29) is 16.5 Å². The van der Waals surface area contributed by atoms with Gasteiger partial charge in [0.15, 0.2) is 5.12 Å². The Morgan fingerprint density at radius 1 is 1.53 bits per heavy atom. The lowest BCUT2D eigenvalue weighted by Gasteiger charge is -2.02. The number of methoxy groups -OCH3 is 1. The highest BCUT2D eigenvalue weighted by atomic mass is 32.2. The summed E-state index contributed by atoms with van der Waals surface area (Å²) in [5, 5.41) is 0.0731. The molecule has 6 heteroatoms. The molecule has 1 aromatic heterocycles. The van der Waals surface area contributed by atoms with Gasteiger partial charge in [0, 0.05) is 30.9 Å². The zero-order valence-electron chi connectivity index (χ0n) is 10.7. The molecule has 0 fully saturated rings. The molecule has 0 atom stereocenters. The van der Waals surface area contributed by atoms with Crippen LogP contribution < -0.4 is 5.73 Å². The number of nitrogens with two attached hydrogens (primary N) is 1. The third-order valence-corrected chi connectivity index (χ3v) is 2.90. The monoisotopic (exact) mass is 278 g/mol. The van der Waals surface area contributed by atoms with Crippen LogP contribution in [0.15, 0.2) is 12.3 Å². The van der Waals surface area contributed by atoms with E-state index in [2.05, 4.69) is 21.6 Å². The lowest BCUT2D eigenvalue weighted by Crippen LogP contribution is -2.07. The lowest BCUT2D eigenvalue weighted by molar-refractivity contribution is -0.109. The Bertz CT molecular complexity index is 547. The van der Waals surface area contributed by atoms with Crippen LogP contribution >= 0.6 is 11.8 Å². The molecule has 1 heterocycles. The molecule has 2 N–H and O–H groups in total. The third kappa shape index (κ3) is 5.02. The molecule has 0 amide bonds. The summed E-state index contributed by atoms with van der Waals surface area (Å²) in [4.78, 5) is 26.0. The minimum atomic E-state index is -0.541. The number of carbonyl (C=O) groups excluding carboxylic acids is 2. The van der Waals surface area contributed by atoms with E-state index in [1.54, 1.807) is 6.07 Å². The summed E-state index contributed by atoms with van der Waals surface area (Å²) in [6, 6.07) is 1.54. The van der Waals surface area contributed by atoms with Crippen molar-refractivity contribution in [2.45, 2.75) is 13.3 Å². The van der Waals surface area contributed by atoms with Crippen molar-refractivity contribution in [1.29, 1.82) is 0 Å². The number of nitrogens with zero attached hydrogens (tertiary/aromatic N) is 1. The molecule has 0 saturated heterocycles. The van der Waals surface area contributed by atoms with E-state index in [0.717, 1.165) is 0 Å². The molecule has 5 nitrogen and oxygen atoms in total. The topological polar surface area (TPSA) is 82.3 Å². The summed E-state index contributed by atoms with van der Waals surface area (Å²) >= 11 is 1.23. The van der Waals surface area contributed by atoms with Gasteiger partial charge in [-0.15, -0.1) is 0 Å². The minimum Gasteiger partial charge on any atom is -0.465 e. The minimum absolute atomic E-state index is 0.0731. The molecule has 0 aliphatic heterocycles. The fourth-order valence-corrected chi connectivity index (χ4v) is 1.72. The van der Waals surface area contributed by atoms with Gasteiger partial charge in [0.25, 0.3) is 0 Å². The summed E-state index contributed by atoms with van der Waals surface area (Å²) in [7, 11) is 1.28. The van der Waals surface area contributed by atoms with Gasteiger partial charge in [-0.25, -0.2) is 9.78 Å². The van der Waals surface area contributed by atoms with Gasteiger partial charge in [-0.05, 0) is 6.07 Å². The van der Waals surface area contributed by atoms with Crippen LogP contribution in [-0.2, 0) is 9.53 Å². The van der Waals surface area contributed by atoms with Crippen LogP contribution in [-0.4, -0.2) is 28.9 Å². The van der Waals surface area contributed by atoms with Gasteiger partial charge in [-0.1, -0.05) is 23.6 Å². The van der Waals surface area contributed by atoms with E-state index in [0.29, 0.717) is 17.7 Å². The van der Waals surface area contributed by atoms with Crippen molar-refractivity contribution in [2.24, 2.45) is 0 Å². The van der Waals surface area contributed by atoms with Gasteiger partial charge in [0.2, 0.25) is 0 Å². The third-order valence-electron chi connectivity index (χ3n) is 2.09. The molecule has 1 aromatic rings. The highest BCUT2D eigenvalue weighted by Crippen LogP contribution is 2.11. The number of nitrogen functional groups attached to an aromatic ring is 1. The molecule has 0 bridgehead atoms. The summed E-state index contributed by atoms with van der Waals surface area (Å²) in [6.07, 6.45) is 2.08. The summed E-state index contributed by atoms with van der Waals surface area (Å²) in [5.41, 5.74) is 6.36. The second kappa shape index (κ2) is 7.44. The van der Waals surface area contributed by atoms with Gasteiger partial charge < -0.3 is 10.5 Å². The second-order valence-corrected chi connectivity index (χ2v) is 4.81. The van der Waals surface area contributed by atoms with Crippen molar-refractivity contribution in [2.75, 3.05) is 18.6 Å². The lowest BCUT2D eigenvalue weighted by atomic mass is 10.2. The normalized spacial score (nSPS) is 9.37. The van der Waals surface area contributed by atoms with E-state index < -0.39 is 5.97 Å². The molecule has 0 spiro atoms. The van der Waals surface area contributed by atoms with Crippen LogP contribution in [0, 0.1) is 11.8 Å². The molecule has 0 saturated carbocycles. The molecule has 0 unspecified atom stereocenters. The molecule has 19 heavy (non-hydrogen) atoms. The van der Waals surface area contributed by atoms with Crippen LogP contribution in [0.1, 0.15) is 29.3 Å². The van der Waals surface area contributed by atoms with E-state index in [1.165, 1.54) is 32.0 Å². The Morgan fingerprint density at radius 3 is 2.89 bits per heavy atom. The van der Waals surface area contributed by atoms with Crippen LogP contribution in [0.4, 0.5) is 5.82 Å². The number of pyridine rings is 1. The Morgan fingerprint density at radius 2 is 2.26 bits per heavy atom. The molecular weight excluding hydrogens is 264 g/mol. The predicted octanol–water partition coefficient (Wildman–Crippen LogP) is 1.47. The number of hydrogen-bond donors (Lipinski definition) is 1. The zero-order valence-corrected chi connectivity index (χ0v) is 11.5. The summed E-state index contributed by atoms with van der Waals surface area (Å²) < 4.78 is 4.59. The van der Waals surface area contributed by atoms with Crippen molar-refractivity contribution in [3.05, 3.63) is 23.4 Å². The highest BCUT2D eigenvalue weighted by Gasteiger charge is 2.11. The zero-order chi connectivity index (χ0) is 14.3. The van der Waals surface area contributed by atoms with Crippen LogP contribution in [0.3, 0.4) is 0 Å². The van der Waals surface area contributed by atoms with Crippen LogP contribution in [0.5, 0.6) is 0 Å². The van der Waals surface area contributed by atoms with Crippen molar-refractivity contribution in [3.63, 3.8) is 0 Å². The standard InChI is InChI=1S/C13H14N2O3S/c1-9(16)19-6-4-3-5-10-7-11(13(17)18-2)12(14)15-8-10/h7-8H,4,6H2,1-2H3,(H2,14,15). The van der Waals surface area contributed by atoms with E-state index >= 15 is 0 Å². The highest BCUT2D eigenvalue weighted by molar-refractivity contribution is 8.13. The molecule has 0 radical (unpaired) electrons. The summed E-state index contributed by atoms with van der Waals surface area (Å²) in [6.45, 7) is 1.52. The molecule has 100 valence electrons. The number of carbonyl (C=O) groups is 2. The van der Waals surface area contributed by atoms with Crippen molar-refractivity contribution in [1.82, 2.24) is 4.98 Å². The Kier molecular flexibility index (Phi) is 5.90. The van der Waals surface area contributed by atoms with Crippen LogP contribution in [0.2, 0.25) is 0 Å².